The first-order chi connectivity index (χ1) is 21.6. The SMILES string of the molecule is CN(C(=O)CCCOc1ccc2c(n1)n1cccc1c(=O)n2CCCN1CCN(Cc2ccccc2)CC1)C1CCCCC1. The van der Waals surface area contributed by atoms with E-state index in [1.54, 1.807) is 0 Å². The summed E-state index contributed by atoms with van der Waals surface area (Å²) >= 11 is 0. The molecule has 0 bridgehead atoms. The maximum atomic E-state index is 13.5. The number of nitrogens with zero attached hydrogens (tertiary/aromatic N) is 6. The summed E-state index contributed by atoms with van der Waals surface area (Å²) in [7, 11) is 1.94. The third-order valence-corrected chi connectivity index (χ3v) is 9.43. The number of piperazine rings is 1. The number of pyridine rings is 1. The molecule has 9 nitrogen and oxygen atoms in total. The van der Waals surface area contributed by atoms with Crippen LogP contribution in [0.2, 0.25) is 0 Å². The summed E-state index contributed by atoms with van der Waals surface area (Å²) in [6.45, 7) is 7.24. The molecule has 1 saturated carbocycles. The molecular formula is C35H46N6O3. The number of carbonyl (C=O) groups excluding carboxylic acids is 1. The van der Waals surface area contributed by atoms with Crippen LogP contribution < -0.4 is 10.3 Å². The predicted molar refractivity (Wildman–Crippen MR) is 174 cm³/mol. The van der Waals surface area contributed by atoms with Crippen LogP contribution in [-0.4, -0.2) is 87.0 Å². The van der Waals surface area contributed by atoms with E-state index in [2.05, 4.69) is 40.1 Å². The fourth-order valence-electron chi connectivity index (χ4n) is 6.82. The molecule has 4 heterocycles. The number of rotatable bonds is 12. The van der Waals surface area contributed by atoms with Crippen LogP contribution in [0.25, 0.3) is 16.7 Å². The number of ether oxygens (including phenoxy) is 1. The lowest BCUT2D eigenvalue weighted by molar-refractivity contribution is -0.132. The van der Waals surface area contributed by atoms with Crippen LogP contribution in [-0.2, 0) is 17.9 Å². The van der Waals surface area contributed by atoms with Gasteiger partial charge in [-0.2, -0.15) is 4.98 Å². The van der Waals surface area contributed by atoms with Crippen LogP contribution in [0.4, 0.5) is 0 Å². The van der Waals surface area contributed by atoms with Crippen molar-refractivity contribution in [3.63, 3.8) is 0 Å². The van der Waals surface area contributed by atoms with Gasteiger partial charge in [0, 0.05) is 71.0 Å². The summed E-state index contributed by atoms with van der Waals surface area (Å²) in [5.74, 6) is 0.707. The second-order valence-corrected chi connectivity index (χ2v) is 12.4. The Labute approximate surface area is 260 Å². The smallest absolute Gasteiger partial charge is 0.275 e. The van der Waals surface area contributed by atoms with E-state index in [0.717, 1.165) is 64.0 Å². The van der Waals surface area contributed by atoms with Gasteiger partial charge in [0.2, 0.25) is 11.8 Å². The maximum Gasteiger partial charge on any atom is 0.275 e. The first-order valence-corrected chi connectivity index (χ1v) is 16.4. The number of hydrogen-bond acceptors (Lipinski definition) is 6. The lowest BCUT2D eigenvalue weighted by Crippen LogP contribution is -2.46. The van der Waals surface area contributed by atoms with Gasteiger partial charge in [-0.3, -0.25) is 18.9 Å². The van der Waals surface area contributed by atoms with E-state index in [0.29, 0.717) is 49.1 Å². The summed E-state index contributed by atoms with van der Waals surface area (Å²) in [6.07, 6.45) is 9.85. The Balaban J connectivity index is 1.03. The molecule has 1 aliphatic carbocycles. The Hall–Kier alpha value is -3.69. The van der Waals surface area contributed by atoms with Gasteiger partial charge in [0.1, 0.15) is 5.52 Å². The van der Waals surface area contributed by atoms with E-state index in [9.17, 15) is 9.59 Å². The molecule has 1 aliphatic heterocycles. The number of aromatic nitrogens is 3. The van der Waals surface area contributed by atoms with Crippen molar-refractivity contribution in [2.24, 2.45) is 0 Å². The first-order valence-electron chi connectivity index (χ1n) is 16.4. The second-order valence-electron chi connectivity index (χ2n) is 12.4. The van der Waals surface area contributed by atoms with Crippen molar-refractivity contribution >= 4 is 22.6 Å². The van der Waals surface area contributed by atoms with E-state index < -0.39 is 0 Å². The zero-order valence-electron chi connectivity index (χ0n) is 26.1. The molecule has 234 valence electrons. The van der Waals surface area contributed by atoms with Gasteiger partial charge in [-0.25, -0.2) is 0 Å². The lowest BCUT2D eigenvalue weighted by atomic mass is 9.94. The number of hydrogen-bond donors (Lipinski definition) is 0. The first kappa shape index (κ1) is 30.3. The van der Waals surface area contributed by atoms with Gasteiger partial charge in [0.25, 0.3) is 5.56 Å². The standard InChI is InChI=1S/C35H46N6O3/c1-37(29-13-6-3-7-14-29)33(42)16-9-26-44-32-18-17-30-34(36-32)40-20-8-15-31(40)35(43)41(30)21-10-19-38-22-24-39(25-23-38)27-28-11-4-2-5-12-28/h2,4-5,8,11-12,15,17-18,20,29H,3,6-7,9-10,13-14,16,19,21-27H2,1H3. The Bertz CT molecular complexity index is 1580. The average Bonchev–Trinajstić information content (AvgIpc) is 3.57. The lowest BCUT2D eigenvalue weighted by Gasteiger charge is -2.34. The molecule has 44 heavy (non-hydrogen) atoms. The highest BCUT2D eigenvalue weighted by molar-refractivity contribution is 5.76. The molecule has 6 rings (SSSR count). The molecule has 0 unspecified atom stereocenters. The number of benzene rings is 1. The number of fused-ring (bicyclic) bond motifs is 3. The van der Waals surface area contributed by atoms with Gasteiger partial charge in [-0.15, -0.1) is 0 Å². The van der Waals surface area contributed by atoms with Crippen LogP contribution in [0.15, 0.2) is 65.6 Å². The highest BCUT2D eigenvalue weighted by Crippen LogP contribution is 2.23. The minimum absolute atomic E-state index is 0.00578. The minimum atomic E-state index is 0.00578. The topological polar surface area (TPSA) is 75.3 Å². The summed E-state index contributed by atoms with van der Waals surface area (Å²) in [6, 6.07) is 18.6. The van der Waals surface area contributed by atoms with Crippen LogP contribution in [0.3, 0.4) is 0 Å². The van der Waals surface area contributed by atoms with Crippen LogP contribution in [0, 0.1) is 0 Å². The van der Waals surface area contributed by atoms with E-state index in [-0.39, 0.29) is 11.5 Å². The molecule has 1 amide bonds. The van der Waals surface area contributed by atoms with Crippen molar-refractivity contribution in [3.8, 4) is 5.88 Å². The predicted octanol–water partition coefficient (Wildman–Crippen LogP) is 4.81. The van der Waals surface area contributed by atoms with Crippen LogP contribution in [0.5, 0.6) is 5.88 Å². The van der Waals surface area contributed by atoms with Crippen molar-refractivity contribution in [2.45, 2.75) is 70.5 Å². The zero-order valence-corrected chi connectivity index (χ0v) is 26.1. The number of aryl methyl sites for hydroxylation is 1. The van der Waals surface area contributed by atoms with Gasteiger partial charge >= 0.3 is 0 Å². The van der Waals surface area contributed by atoms with Gasteiger partial charge in [-0.05, 0) is 56.0 Å². The van der Waals surface area contributed by atoms with E-state index in [4.69, 9.17) is 9.72 Å². The fourth-order valence-corrected chi connectivity index (χ4v) is 6.82. The van der Waals surface area contributed by atoms with Gasteiger partial charge in [0.15, 0.2) is 5.65 Å². The third-order valence-electron chi connectivity index (χ3n) is 9.43. The molecule has 3 aromatic heterocycles. The minimum Gasteiger partial charge on any atom is -0.478 e. The van der Waals surface area contributed by atoms with E-state index in [1.807, 2.05) is 51.4 Å². The Kier molecular flexibility index (Phi) is 9.93. The molecule has 9 heteroatoms. The quantitative estimate of drug-likeness (QED) is 0.218. The normalized spacial score (nSPS) is 16.9. The fraction of sp³-hybridized carbons (Fsp3) is 0.514. The summed E-state index contributed by atoms with van der Waals surface area (Å²) in [5.41, 5.74) is 3.51. The second kappa shape index (κ2) is 14.4. The van der Waals surface area contributed by atoms with Crippen molar-refractivity contribution in [2.75, 3.05) is 46.4 Å². The molecule has 2 aliphatic rings. The van der Waals surface area contributed by atoms with Crippen molar-refractivity contribution in [1.82, 2.24) is 28.7 Å². The maximum absolute atomic E-state index is 13.5. The number of carbonyl (C=O) groups is 1. The summed E-state index contributed by atoms with van der Waals surface area (Å²) in [5, 5.41) is 0. The molecule has 2 fully saturated rings. The van der Waals surface area contributed by atoms with E-state index in [1.165, 1.54) is 24.8 Å². The van der Waals surface area contributed by atoms with Crippen molar-refractivity contribution in [1.29, 1.82) is 0 Å². The molecule has 0 radical (unpaired) electrons. The molecule has 4 aromatic rings. The van der Waals surface area contributed by atoms with Crippen molar-refractivity contribution in [3.05, 3.63) is 76.7 Å². The highest BCUT2D eigenvalue weighted by Gasteiger charge is 2.22. The molecule has 0 atom stereocenters. The Morgan fingerprint density at radius 1 is 0.886 bits per heavy atom. The van der Waals surface area contributed by atoms with Crippen LogP contribution in [0.1, 0.15) is 56.9 Å². The van der Waals surface area contributed by atoms with Crippen molar-refractivity contribution < 1.29 is 9.53 Å². The van der Waals surface area contributed by atoms with Gasteiger partial charge < -0.3 is 19.1 Å². The number of amides is 1. The largest absolute Gasteiger partial charge is 0.478 e. The summed E-state index contributed by atoms with van der Waals surface area (Å²) in [4.78, 5) is 37.9. The Morgan fingerprint density at radius 2 is 1.66 bits per heavy atom. The van der Waals surface area contributed by atoms with E-state index >= 15 is 0 Å². The molecule has 1 saturated heterocycles. The Morgan fingerprint density at radius 3 is 2.45 bits per heavy atom. The highest BCUT2D eigenvalue weighted by atomic mass is 16.5. The average molecular weight is 599 g/mol. The monoisotopic (exact) mass is 598 g/mol. The molecular weight excluding hydrogens is 552 g/mol. The summed E-state index contributed by atoms with van der Waals surface area (Å²) < 4.78 is 9.72. The molecule has 1 aromatic carbocycles. The molecule has 0 N–H and O–H groups in total. The molecule has 0 spiro atoms. The van der Waals surface area contributed by atoms with Gasteiger partial charge in [-0.1, -0.05) is 49.6 Å². The zero-order chi connectivity index (χ0) is 30.3. The van der Waals surface area contributed by atoms with Gasteiger partial charge in [0.05, 0.1) is 12.1 Å². The van der Waals surface area contributed by atoms with Crippen LogP contribution >= 0.6 is 0 Å². The third kappa shape index (κ3) is 7.16.